The number of phenols is 1. The summed E-state index contributed by atoms with van der Waals surface area (Å²) in [5.74, 6) is 0.428. The van der Waals surface area contributed by atoms with Crippen molar-refractivity contribution in [1.29, 1.82) is 0 Å². The lowest BCUT2D eigenvalue weighted by atomic mass is 10.0. The predicted octanol–water partition coefficient (Wildman–Crippen LogP) is 2.80. The van der Waals surface area contributed by atoms with Crippen LogP contribution in [-0.4, -0.2) is 32.7 Å². The van der Waals surface area contributed by atoms with Crippen LogP contribution in [0.15, 0.2) is 18.2 Å². The molecule has 0 aliphatic rings. The van der Waals surface area contributed by atoms with Crippen molar-refractivity contribution in [3.63, 3.8) is 0 Å². The molecule has 114 valence electrons. The Morgan fingerprint density at radius 2 is 2.10 bits per heavy atom. The first-order valence-corrected chi connectivity index (χ1v) is 7.13. The number of methoxy groups -OCH3 is 1. The van der Waals surface area contributed by atoms with Gasteiger partial charge in [-0.2, -0.15) is 15.4 Å². The molecule has 0 aliphatic carbocycles. The zero-order valence-electron chi connectivity index (χ0n) is 12.3. The molecule has 1 unspecified atom stereocenters. The fraction of sp³-hybridized carbons (Fsp3) is 0.467. The van der Waals surface area contributed by atoms with E-state index in [2.05, 4.69) is 22.3 Å². The van der Waals surface area contributed by atoms with E-state index in [-0.39, 0.29) is 5.75 Å². The number of aliphatic hydroxyl groups excluding tert-OH is 1. The number of aliphatic hydroxyl groups is 1. The van der Waals surface area contributed by atoms with Crippen LogP contribution in [0.4, 0.5) is 0 Å². The van der Waals surface area contributed by atoms with Gasteiger partial charge in [-0.05, 0) is 24.6 Å². The zero-order chi connectivity index (χ0) is 15.2. The second kappa shape index (κ2) is 7.08. The average molecular weight is 291 g/mol. The van der Waals surface area contributed by atoms with Gasteiger partial charge >= 0.3 is 0 Å². The van der Waals surface area contributed by atoms with Crippen LogP contribution in [0.25, 0.3) is 11.3 Å². The number of aromatic nitrogens is 3. The first-order valence-electron chi connectivity index (χ1n) is 7.13. The number of phenolic OH excluding ortho intramolecular Hbond substituents is 1. The summed E-state index contributed by atoms with van der Waals surface area (Å²) in [6.07, 6.45) is 3.14. The smallest absolute Gasteiger partial charge is 0.161 e. The topological polar surface area (TPSA) is 91.3 Å². The number of ether oxygens (including phenoxy) is 1. The Morgan fingerprint density at radius 1 is 1.29 bits per heavy atom. The Morgan fingerprint density at radius 3 is 2.81 bits per heavy atom. The Kier molecular flexibility index (Phi) is 5.16. The number of nitrogens with zero attached hydrogens (tertiary/aromatic N) is 2. The van der Waals surface area contributed by atoms with Gasteiger partial charge in [0.1, 0.15) is 17.5 Å². The molecule has 0 aliphatic heterocycles. The average Bonchev–Trinajstić information content (AvgIpc) is 2.97. The number of rotatable bonds is 7. The van der Waals surface area contributed by atoms with Gasteiger partial charge in [0, 0.05) is 5.56 Å². The van der Waals surface area contributed by atoms with Crippen molar-refractivity contribution in [2.75, 3.05) is 7.11 Å². The third kappa shape index (κ3) is 3.52. The molecule has 1 heterocycles. The van der Waals surface area contributed by atoms with Crippen molar-refractivity contribution in [3.8, 4) is 22.8 Å². The Hall–Kier alpha value is -2.08. The summed E-state index contributed by atoms with van der Waals surface area (Å²) >= 11 is 0. The van der Waals surface area contributed by atoms with E-state index < -0.39 is 6.10 Å². The van der Waals surface area contributed by atoms with Crippen LogP contribution >= 0.6 is 0 Å². The monoisotopic (exact) mass is 291 g/mol. The lowest BCUT2D eigenvalue weighted by Gasteiger charge is -2.10. The molecule has 0 radical (unpaired) electrons. The maximum atomic E-state index is 10.3. The first kappa shape index (κ1) is 15.3. The van der Waals surface area contributed by atoms with Crippen molar-refractivity contribution in [3.05, 3.63) is 23.9 Å². The van der Waals surface area contributed by atoms with Gasteiger partial charge in [0.05, 0.1) is 7.11 Å². The Balaban J connectivity index is 2.23. The standard InChI is InChI=1S/C15H21N3O3/c1-3-4-5-6-12(20)15-14(16-18-17-15)10-7-8-11(19)13(9-10)21-2/h7-9,12,19-20H,3-6H2,1-2H3,(H,16,17,18). The minimum Gasteiger partial charge on any atom is -0.504 e. The molecule has 6 nitrogen and oxygen atoms in total. The fourth-order valence-electron chi connectivity index (χ4n) is 2.23. The summed E-state index contributed by atoms with van der Waals surface area (Å²) in [6, 6.07) is 4.93. The van der Waals surface area contributed by atoms with Gasteiger partial charge in [-0.25, -0.2) is 0 Å². The van der Waals surface area contributed by atoms with Gasteiger partial charge in [-0.1, -0.05) is 26.2 Å². The van der Waals surface area contributed by atoms with Crippen molar-refractivity contribution in [1.82, 2.24) is 15.4 Å². The number of H-pyrrole nitrogens is 1. The normalized spacial score (nSPS) is 12.3. The third-order valence-corrected chi connectivity index (χ3v) is 3.42. The van der Waals surface area contributed by atoms with Gasteiger partial charge in [0.15, 0.2) is 11.5 Å². The minimum absolute atomic E-state index is 0.0646. The van der Waals surface area contributed by atoms with Crippen LogP contribution in [0.5, 0.6) is 11.5 Å². The molecule has 6 heteroatoms. The number of hydrogen-bond donors (Lipinski definition) is 3. The highest BCUT2D eigenvalue weighted by Gasteiger charge is 2.19. The van der Waals surface area contributed by atoms with Crippen molar-refractivity contribution >= 4 is 0 Å². The second-order valence-corrected chi connectivity index (χ2v) is 4.96. The van der Waals surface area contributed by atoms with E-state index in [1.165, 1.54) is 13.2 Å². The highest BCUT2D eigenvalue weighted by atomic mass is 16.5. The van der Waals surface area contributed by atoms with Crippen LogP contribution in [-0.2, 0) is 0 Å². The van der Waals surface area contributed by atoms with Crippen LogP contribution in [0.1, 0.15) is 44.4 Å². The van der Waals surface area contributed by atoms with Crippen LogP contribution in [0.2, 0.25) is 0 Å². The molecule has 2 rings (SSSR count). The Labute approximate surface area is 123 Å². The Bertz CT molecular complexity index is 583. The van der Waals surface area contributed by atoms with Crippen LogP contribution in [0, 0.1) is 0 Å². The van der Waals surface area contributed by atoms with E-state index in [1.807, 2.05) is 0 Å². The lowest BCUT2D eigenvalue weighted by Crippen LogP contribution is -2.00. The molecule has 0 saturated heterocycles. The van der Waals surface area contributed by atoms with Gasteiger partial charge in [0.25, 0.3) is 0 Å². The van der Waals surface area contributed by atoms with E-state index in [4.69, 9.17) is 4.74 Å². The lowest BCUT2D eigenvalue weighted by molar-refractivity contribution is 0.159. The molecule has 1 aromatic heterocycles. The number of aromatic amines is 1. The highest BCUT2D eigenvalue weighted by Crippen LogP contribution is 2.33. The van der Waals surface area contributed by atoms with Crippen molar-refractivity contribution in [2.45, 2.75) is 38.7 Å². The molecule has 1 aromatic carbocycles. The molecule has 0 spiro atoms. The van der Waals surface area contributed by atoms with Gasteiger partial charge < -0.3 is 14.9 Å². The summed E-state index contributed by atoms with van der Waals surface area (Å²) in [7, 11) is 1.49. The SMILES string of the molecule is CCCCCC(O)c1n[nH]nc1-c1ccc(O)c(OC)c1. The number of nitrogens with one attached hydrogen (secondary N) is 1. The summed E-state index contributed by atoms with van der Waals surface area (Å²) in [5.41, 5.74) is 1.85. The van der Waals surface area contributed by atoms with Gasteiger partial charge in [-0.3, -0.25) is 0 Å². The fourth-order valence-corrected chi connectivity index (χ4v) is 2.23. The quantitative estimate of drug-likeness (QED) is 0.682. The van der Waals surface area contributed by atoms with Gasteiger partial charge in [0.2, 0.25) is 0 Å². The van der Waals surface area contributed by atoms with Crippen LogP contribution in [0.3, 0.4) is 0 Å². The molecular formula is C15H21N3O3. The zero-order valence-corrected chi connectivity index (χ0v) is 12.3. The summed E-state index contributed by atoms with van der Waals surface area (Å²) in [5, 5.41) is 30.6. The summed E-state index contributed by atoms with van der Waals surface area (Å²) < 4.78 is 5.09. The van der Waals surface area contributed by atoms with Crippen molar-refractivity contribution in [2.24, 2.45) is 0 Å². The number of benzene rings is 1. The first-order chi connectivity index (χ1) is 10.2. The van der Waals surface area contributed by atoms with Gasteiger partial charge in [-0.15, -0.1) is 0 Å². The van der Waals surface area contributed by atoms with Crippen molar-refractivity contribution < 1.29 is 14.9 Å². The number of hydrogen-bond acceptors (Lipinski definition) is 5. The number of unbranched alkanes of at least 4 members (excludes halogenated alkanes) is 2. The minimum atomic E-state index is -0.648. The van der Waals surface area contributed by atoms with E-state index in [0.717, 1.165) is 24.8 Å². The second-order valence-electron chi connectivity index (χ2n) is 4.96. The molecule has 0 fully saturated rings. The predicted molar refractivity (Wildman–Crippen MR) is 79.1 cm³/mol. The maximum Gasteiger partial charge on any atom is 0.161 e. The molecule has 1 atom stereocenters. The van der Waals surface area contributed by atoms with E-state index in [9.17, 15) is 10.2 Å². The molecule has 3 N–H and O–H groups in total. The molecule has 0 saturated carbocycles. The summed E-state index contributed by atoms with van der Waals surface area (Å²) in [4.78, 5) is 0. The molecule has 2 aromatic rings. The molecule has 0 bridgehead atoms. The van der Waals surface area contributed by atoms with E-state index in [1.54, 1.807) is 12.1 Å². The maximum absolute atomic E-state index is 10.3. The molecular weight excluding hydrogens is 270 g/mol. The highest BCUT2D eigenvalue weighted by molar-refractivity contribution is 5.65. The summed E-state index contributed by atoms with van der Waals surface area (Å²) in [6.45, 7) is 2.12. The third-order valence-electron chi connectivity index (χ3n) is 3.42. The number of aromatic hydroxyl groups is 1. The van der Waals surface area contributed by atoms with E-state index >= 15 is 0 Å². The van der Waals surface area contributed by atoms with Crippen LogP contribution < -0.4 is 4.74 Å². The van der Waals surface area contributed by atoms with E-state index in [0.29, 0.717) is 23.6 Å². The largest absolute Gasteiger partial charge is 0.504 e. The molecule has 21 heavy (non-hydrogen) atoms. The molecule has 0 amide bonds.